The van der Waals surface area contributed by atoms with Crippen LogP contribution < -0.4 is 0 Å². The molecule has 1 aromatic rings. The fourth-order valence-electron chi connectivity index (χ4n) is 4.91. The van der Waals surface area contributed by atoms with Crippen LogP contribution in [0.25, 0.3) is 0 Å². The van der Waals surface area contributed by atoms with Gasteiger partial charge in [-0.25, -0.2) is 8.78 Å². The Morgan fingerprint density at radius 2 is 1.50 bits per heavy atom. The van der Waals surface area contributed by atoms with Gasteiger partial charge in [-0.3, -0.25) is 0 Å². The summed E-state index contributed by atoms with van der Waals surface area (Å²) in [5, 5.41) is 0. The predicted octanol–water partition coefficient (Wildman–Crippen LogP) is 7.01. The van der Waals surface area contributed by atoms with Crippen molar-refractivity contribution in [2.75, 3.05) is 0 Å². The smallest absolute Gasteiger partial charge is 0.159 e. The van der Waals surface area contributed by atoms with Gasteiger partial charge in [-0.2, -0.15) is 0 Å². The molecule has 3 rings (SSSR count). The number of allylic oxidation sites excluding steroid dienone is 2. The summed E-state index contributed by atoms with van der Waals surface area (Å²) in [4.78, 5) is 0. The van der Waals surface area contributed by atoms with Crippen LogP contribution in [0.15, 0.2) is 30.4 Å². The SMILES string of the molecule is C/C=C\CC1CCC(C2CCC(c3ccc(F)c(F)c3)CC2)CC1. The lowest BCUT2D eigenvalue weighted by atomic mass is 9.68. The standard InChI is InChI=1S/C22H30F2/c1-2-3-4-16-5-7-17(8-6-16)18-9-11-19(12-10-18)20-13-14-21(23)22(24)15-20/h2-3,13-19H,4-12H2,1H3/b3-2-. The Labute approximate surface area is 145 Å². The first-order chi connectivity index (χ1) is 11.7. The predicted molar refractivity (Wildman–Crippen MR) is 95.9 cm³/mol. The van der Waals surface area contributed by atoms with Crippen LogP contribution in [0.4, 0.5) is 8.78 Å². The highest BCUT2D eigenvalue weighted by Crippen LogP contribution is 2.44. The molecule has 24 heavy (non-hydrogen) atoms. The van der Waals surface area contributed by atoms with Crippen LogP contribution in [0.3, 0.4) is 0 Å². The Morgan fingerprint density at radius 3 is 2.08 bits per heavy atom. The summed E-state index contributed by atoms with van der Waals surface area (Å²) in [5.74, 6) is 1.64. The molecule has 2 aliphatic rings. The Balaban J connectivity index is 1.48. The number of benzene rings is 1. The normalized spacial score (nSPS) is 31.5. The third-order valence-electron chi connectivity index (χ3n) is 6.45. The molecule has 1 aromatic carbocycles. The molecule has 2 heteroatoms. The fraction of sp³-hybridized carbons (Fsp3) is 0.636. The van der Waals surface area contributed by atoms with Gasteiger partial charge in [-0.15, -0.1) is 0 Å². The molecule has 0 bridgehead atoms. The zero-order valence-electron chi connectivity index (χ0n) is 14.8. The van der Waals surface area contributed by atoms with Crippen LogP contribution in [0, 0.1) is 29.4 Å². The molecule has 2 saturated carbocycles. The van der Waals surface area contributed by atoms with Crippen molar-refractivity contribution in [3.8, 4) is 0 Å². The van der Waals surface area contributed by atoms with E-state index in [1.165, 1.54) is 57.1 Å². The quantitative estimate of drug-likeness (QED) is 0.520. The van der Waals surface area contributed by atoms with Crippen molar-refractivity contribution in [1.82, 2.24) is 0 Å². The molecule has 0 atom stereocenters. The van der Waals surface area contributed by atoms with Gasteiger partial charge in [0.25, 0.3) is 0 Å². The van der Waals surface area contributed by atoms with Gasteiger partial charge in [0, 0.05) is 0 Å². The highest BCUT2D eigenvalue weighted by atomic mass is 19.2. The molecule has 0 aromatic heterocycles. The molecular weight excluding hydrogens is 302 g/mol. The third kappa shape index (κ3) is 4.26. The minimum Gasteiger partial charge on any atom is -0.204 e. The van der Waals surface area contributed by atoms with Gasteiger partial charge in [0.15, 0.2) is 11.6 Å². The molecular formula is C22H30F2. The summed E-state index contributed by atoms with van der Waals surface area (Å²) < 4.78 is 26.5. The Hall–Kier alpha value is -1.18. The molecule has 0 unspecified atom stereocenters. The maximum Gasteiger partial charge on any atom is 0.159 e. The van der Waals surface area contributed by atoms with Crippen LogP contribution in [0.5, 0.6) is 0 Å². The van der Waals surface area contributed by atoms with Crippen LogP contribution in [-0.2, 0) is 0 Å². The van der Waals surface area contributed by atoms with Gasteiger partial charge in [0.1, 0.15) is 0 Å². The van der Waals surface area contributed by atoms with Crippen molar-refractivity contribution in [3.63, 3.8) is 0 Å². The first-order valence-electron chi connectivity index (χ1n) is 9.73. The lowest BCUT2D eigenvalue weighted by molar-refractivity contribution is 0.160. The molecule has 0 heterocycles. The molecule has 0 spiro atoms. The minimum atomic E-state index is -0.734. The minimum absolute atomic E-state index is 0.419. The monoisotopic (exact) mass is 332 g/mol. The van der Waals surface area contributed by atoms with Crippen LogP contribution in [0.2, 0.25) is 0 Å². The van der Waals surface area contributed by atoms with Crippen molar-refractivity contribution in [2.24, 2.45) is 17.8 Å². The van der Waals surface area contributed by atoms with Crippen molar-refractivity contribution >= 4 is 0 Å². The van der Waals surface area contributed by atoms with Gasteiger partial charge >= 0.3 is 0 Å². The Bertz CT molecular complexity index is 547. The average Bonchev–Trinajstić information content (AvgIpc) is 2.63. The zero-order valence-corrected chi connectivity index (χ0v) is 14.8. The molecule has 132 valence electrons. The highest BCUT2D eigenvalue weighted by molar-refractivity contribution is 5.22. The van der Waals surface area contributed by atoms with Crippen LogP contribution in [-0.4, -0.2) is 0 Å². The van der Waals surface area contributed by atoms with E-state index in [0.29, 0.717) is 5.92 Å². The molecule has 0 nitrogen and oxygen atoms in total. The average molecular weight is 332 g/mol. The van der Waals surface area contributed by atoms with Gasteiger partial charge in [-0.1, -0.05) is 18.2 Å². The van der Waals surface area contributed by atoms with Gasteiger partial charge in [-0.05, 0) is 106 Å². The molecule has 0 aliphatic heterocycles. The Morgan fingerprint density at radius 1 is 0.875 bits per heavy atom. The van der Waals surface area contributed by atoms with Crippen molar-refractivity contribution in [3.05, 3.63) is 47.5 Å². The van der Waals surface area contributed by atoms with Crippen LogP contribution in [0.1, 0.15) is 76.2 Å². The number of hydrogen-bond acceptors (Lipinski definition) is 0. The third-order valence-corrected chi connectivity index (χ3v) is 6.45. The van der Waals surface area contributed by atoms with E-state index in [1.54, 1.807) is 6.07 Å². The van der Waals surface area contributed by atoms with E-state index < -0.39 is 11.6 Å². The molecule has 0 N–H and O–H groups in total. The largest absolute Gasteiger partial charge is 0.204 e. The van der Waals surface area contributed by atoms with E-state index in [4.69, 9.17) is 0 Å². The van der Waals surface area contributed by atoms with E-state index >= 15 is 0 Å². The Kier molecular flexibility index (Phi) is 6.08. The van der Waals surface area contributed by atoms with E-state index in [2.05, 4.69) is 19.1 Å². The van der Waals surface area contributed by atoms with Crippen molar-refractivity contribution in [2.45, 2.75) is 70.6 Å². The van der Waals surface area contributed by atoms with Gasteiger partial charge < -0.3 is 0 Å². The second-order valence-electron chi connectivity index (χ2n) is 7.87. The summed E-state index contributed by atoms with van der Waals surface area (Å²) in [6.45, 7) is 2.11. The number of rotatable bonds is 4. The maximum absolute atomic E-state index is 13.4. The van der Waals surface area contributed by atoms with E-state index in [0.717, 1.165) is 36.2 Å². The summed E-state index contributed by atoms with van der Waals surface area (Å²) in [6, 6.07) is 4.46. The van der Waals surface area contributed by atoms with Crippen molar-refractivity contribution < 1.29 is 8.78 Å². The van der Waals surface area contributed by atoms with Gasteiger partial charge in [0.05, 0.1) is 0 Å². The lowest BCUT2D eigenvalue weighted by Gasteiger charge is -2.38. The van der Waals surface area contributed by atoms with E-state index in [1.807, 2.05) is 0 Å². The van der Waals surface area contributed by atoms with Crippen LogP contribution >= 0.6 is 0 Å². The number of hydrogen-bond donors (Lipinski definition) is 0. The lowest BCUT2D eigenvalue weighted by Crippen LogP contribution is -2.25. The maximum atomic E-state index is 13.4. The fourth-order valence-corrected chi connectivity index (χ4v) is 4.91. The zero-order chi connectivity index (χ0) is 16.9. The molecule has 0 radical (unpaired) electrons. The molecule has 2 fully saturated rings. The second-order valence-corrected chi connectivity index (χ2v) is 7.87. The molecule has 0 saturated heterocycles. The summed E-state index contributed by atoms with van der Waals surface area (Å²) in [7, 11) is 0. The summed E-state index contributed by atoms with van der Waals surface area (Å²) in [6.07, 6.45) is 16.1. The highest BCUT2D eigenvalue weighted by Gasteiger charge is 2.31. The number of halogens is 2. The first-order valence-corrected chi connectivity index (χ1v) is 9.73. The summed E-state index contributed by atoms with van der Waals surface area (Å²) >= 11 is 0. The first kappa shape index (κ1) is 17.6. The second kappa shape index (κ2) is 8.27. The van der Waals surface area contributed by atoms with Crippen molar-refractivity contribution in [1.29, 1.82) is 0 Å². The molecule has 0 amide bonds. The topological polar surface area (TPSA) is 0 Å². The molecule has 2 aliphatic carbocycles. The summed E-state index contributed by atoms with van der Waals surface area (Å²) in [5.41, 5.74) is 0.988. The van der Waals surface area contributed by atoms with E-state index in [-0.39, 0.29) is 0 Å². The van der Waals surface area contributed by atoms with Gasteiger partial charge in [0.2, 0.25) is 0 Å². The van der Waals surface area contributed by atoms with E-state index in [9.17, 15) is 8.78 Å².